The molecule has 0 bridgehead atoms. The Morgan fingerprint density at radius 3 is 2.91 bits per heavy atom. The molecular formula is C17H23N5. The van der Waals surface area contributed by atoms with Gasteiger partial charge in [-0.2, -0.15) is 5.26 Å². The second-order valence-electron chi connectivity index (χ2n) is 5.88. The first-order chi connectivity index (χ1) is 10.9. The Morgan fingerprint density at radius 1 is 1.14 bits per heavy atom. The summed E-state index contributed by atoms with van der Waals surface area (Å²) in [6.07, 6.45) is 3.98. The summed E-state index contributed by atoms with van der Waals surface area (Å²) < 4.78 is 0. The van der Waals surface area contributed by atoms with Gasteiger partial charge in [-0.05, 0) is 44.5 Å². The number of H-pyrrole nitrogens is 1. The Labute approximate surface area is 131 Å². The Morgan fingerprint density at radius 2 is 2.05 bits per heavy atom. The van der Waals surface area contributed by atoms with Gasteiger partial charge in [0.25, 0.3) is 0 Å². The van der Waals surface area contributed by atoms with Gasteiger partial charge in [-0.15, -0.1) is 0 Å². The van der Waals surface area contributed by atoms with Crippen molar-refractivity contribution in [2.45, 2.75) is 25.7 Å². The fraction of sp³-hybridized carbons (Fsp3) is 0.529. The van der Waals surface area contributed by atoms with Crippen LogP contribution in [0.4, 0.5) is 5.95 Å². The lowest BCUT2D eigenvalue weighted by atomic mass is 10.2. The van der Waals surface area contributed by atoms with Gasteiger partial charge in [-0.3, -0.25) is 0 Å². The number of benzene rings is 1. The van der Waals surface area contributed by atoms with Crippen molar-refractivity contribution in [2.24, 2.45) is 0 Å². The summed E-state index contributed by atoms with van der Waals surface area (Å²) in [5.41, 5.74) is 2.14. The highest BCUT2D eigenvalue weighted by atomic mass is 15.3. The fourth-order valence-electron chi connectivity index (χ4n) is 3.03. The van der Waals surface area contributed by atoms with Crippen LogP contribution in [0.1, 0.15) is 25.7 Å². The van der Waals surface area contributed by atoms with Crippen molar-refractivity contribution in [1.82, 2.24) is 14.9 Å². The van der Waals surface area contributed by atoms with Crippen molar-refractivity contribution < 1.29 is 0 Å². The average molecular weight is 297 g/mol. The number of aromatic nitrogens is 2. The van der Waals surface area contributed by atoms with Crippen molar-refractivity contribution in [3.05, 3.63) is 24.3 Å². The van der Waals surface area contributed by atoms with E-state index in [2.05, 4.69) is 33.0 Å². The van der Waals surface area contributed by atoms with Gasteiger partial charge >= 0.3 is 0 Å². The molecule has 2 heterocycles. The molecule has 5 heteroatoms. The molecule has 0 amide bonds. The SMILES string of the molecule is N#CCCCCN1CCCN(c2nc3ccccc3[nH]2)CC1. The number of hydrogen-bond acceptors (Lipinski definition) is 4. The zero-order valence-electron chi connectivity index (χ0n) is 13.0. The highest BCUT2D eigenvalue weighted by Crippen LogP contribution is 2.18. The van der Waals surface area contributed by atoms with E-state index in [1.165, 1.54) is 0 Å². The summed E-state index contributed by atoms with van der Waals surface area (Å²) >= 11 is 0. The van der Waals surface area contributed by atoms with E-state index in [0.29, 0.717) is 6.42 Å². The van der Waals surface area contributed by atoms with E-state index in [4.69, 9.17) is 10.2 Å². The van der Waals surface area contributed by atoms with E-state index >= 15 is 0 Å². The van der Waals surface area contributed by atoms with Crippen molar-refractivity contribution >= 4 is 17.0 Å². The number of fused-ring (bicyclic) bond motifs is 1. The first-order valence-electron chi connectivity index (χ1n) is 8.16. The smallest absolute Gasteiger partial charge is 0.203 e. The maximum atomic E-state index is 8.59. The van der Waals surface area contributed by atoms with Crippen LogP contribution in [0.25, 0.3) is 11.0 Å². The van der Waals surface area contributed by atoms with Gasteiger partial charge in [0.2, 0.25) is 5.95 Å². The van der Waals surface area contributed by atoms with Crippen LogP contribution in [0.3, 0.4) is 0 Å². The van der Waals surface area contributed by atoms with E-state index in [1.54, 1.807) is 0 Å². The number of nitriles is 1. The summed E-state index contributed by atoms with van der Waals surface area (Å²) in [5, 5.41) is 8.59. The molecule has 116 valence electrons. The number of aromatic amines is 1. The minimum atomic E-state index is 0.680. The summed E-state index contributed by atoms with van der Waals surface area (Å²) in [7, 11) is 0. The molecule has 0 atom stereocenters. The van der Waals surface area contributed by atoms with Gasteiger partial charge in [0.1, 0.15) is 0 Å². The van der Waals surface area contributed by atoms with Crippen LogP contribution in [-0.2, 0) is 0 Å². The molecule has 5 nitrogen and oxygen atoms in total. The van der Waals surface area contributed by atoms with Crippen LogP contribution in [0.15, 0.2) is 24.3 Å². The molecule has 0 unspecified atom stereocenters. The van der Waals surface area contributed by atoms with Crippen LogP contribution in [0.2, 0.25) is 0 Å². The maximum absolute atomic E-state index is 8.59. The molecule has 22 heavy (non-hydrogen) atoms. The highest BCUT2D eigenvalue weighted by Gasteiger charge is 2.17. The van der Waals surface area contributed by atoms with Crippen molar-refractivity contribution in [1.29, 1.82) is 5.26 Å². The van der Waals surface area contributed by atoms with E-state index in [0.717, 1.165) is 69.0 Å². The number of imidazole rings is 1. The minimum absolute atomic E-state index is 0.680. The molecule has 0 spiro atoms. The molecule has 0 radical (unpaired) electrons. The molecule has 1 aliphatic rings. The van der Waals surface area contributed by atoms with Gasteiger partial charge in [0.05, 0.1) is 17.1 Å². The molecule has 2 aromatic rings. The zero-order chi connectivity index (χ0) is 15.2. The van der Waals surface area contributed by atoms with Gasteiger partial charge in [0, 0.05) is 26.1 Å². The number of hydrogen-bond donors (Lipinski definition) is 1. The van der Waals surface area contributed by atoms with Gasteiger partial charge in [0.15, 0.2) is 0 Å². The van der Waals surface area contributed by atoms with Crippen LogP contribution in [-0.4, -0.2) is 47.6 Å². The number of unbranched alkanes of at least 4 members (excludes halogenated alkanes) is 2. The second kappa shape index (κ2) is 7.28. The fourth-order valence-corrected chi connectivity index (χ4v) is 3.03. The van der Waals surface area contributed by atoms with Crippen LogP contribution in [0, 0.1) is 11.3 Å². The van der Waals surface area contributed by atoms with Gasteiger partial charge < -0.3 is 14.8 Å². The molecule has 0 aliphatic carbocycles. The zero-order valence-corrected chi connectivity index (χ0v) is 13.0. The standard InChI is InChI=1S/C17H23N5/c18-9-4-1-5-10-21-11-6-12-22(14-13-21)17-19-15-7-2-3-8-16(15)20-17/h2-3,7-8H,1,4-6,10-14H2,(H,19,20). The van der Waals surface area contributed by atoms with Crippen LogP contribution < -0.4 is 4.90 Å². The van der Waals surface area contributed by atoms with Crippen LogP contribution >= 0.6 is 0 Å². The molecule has 1 aromatic heterocycles. The van der Waals surface area contributed by atoms with Crippen molar-refractivity contribution in [3.8, 4) is 6.07 Å². The maximum Gasteiger partial charge on any atom is 0.203 e. The largest absolute Gasteiger partial charge is 0.341 e. The van der Waals surface area contributed by atoms with E-state index < -0.39 is 0 Å². The third-order valence-corrected chi connectivity index (χ3v) is 4.28. The lowest BCUT2D eigenvalue weighted by Gasteiger charge is -2.21. The number of rotatable bonds is 5. The first-order valence-corrected chi connectivity index (χ1v) is 8.16. The molecule has 1 fully saturated rings. The third kappa shape index (κ3) is 3.58. The number of nitrogens with one attached hydrogen (secondary N) is 1. The monoisotopic (exact) mass is 297 g/mol. The summed E-state index contributed by atoms with van der Waals surface area (Å²) in [4.78, 5) is 13.0. The Balaban J connectivity index is 1.57. The molecule has 3 rings (SSSR count). The Bertz CT molecular complexity index is 609. The highest BCUT2D eigenvalue weighted by molar-refractivity contribution is 5.77. The molecule has 1 saturated heterocycles. The summed E-state index contributed by atoms with van der Waals surface area (Å²) in [6.45, 7) is 5.38. The average Bonchev–Trinajstić information content (AvgIpc) is 2.83. The summed E-state index contributed by atoms with van der Waals surface area (Å²) in [6, 6.07) is 10.4. The van der Waals surface area contributed by atoms with Gasteiger partial charge in [-0.1, -0.05) is 12.1 Å². The molecule has 1 N–H and O–H groups in total. The van der Waals surface area contributed by atoms with E-state index in [-0.39, 0.29) is 0 Å². The van der Waals surface area contributed by atoms with E-state index in [1.807, 2.05) is 12.1 Å². The second-order valence-corrected chi connectivity index (χ2v) is 5.88. The first kappa shape index (κ1) is 14.9. The third-order valence-electron chi connectivity index (χ3n) is 4.28. The Hall–Kier alpha value is -2.06. The number of anilines is 1. The molecule has 1 aliphatic heterocycles. The Kier molecular flexibility index (Phi) is 4.92. The van der Waals surface area contributed by atoms with Gasteiger partial charge in [-0.25, -0.2) is 4.98 Å². The predicted octanol–water partition coefficient (Wildman–Crippen LogP) is 2.77. The number of nitrogens with zero attached hydrogens (tertiary/aromatic N) is 4. The number of para-hydroxylation sites is 2. The lowest BCUT2D eigenvalue weighted by molar-refractivity contribution is 0.287. The van der Waals surface area contributed by atoms with E-state index in [9.17, 15) is 0 Å². The summed E-state index contributed by atoms with van der Waals surface area (Å²) in [5.74, 6) is 0.993. The minimum Gasteiger partial charge on any atom is -0.341 e. The van der Waals surface area contributed by atoms with Crippen molar-refractivity contribution in [2.75, 3.05) is 37.6 Å². The molecule has 0 saturated carbocycles. The normalized spacial score (nSPS) is 16.6. The van der Waals surface area contributed by atoms with Crippen LogP contribution in [0.5, 0.6) is 0 Å². The predicted molar refractivity (Wildman–Crippen MR) is 88.8 cm³/mol. The topological polar surface area (TPSA) is 59.0 Å². The van der Waals surface area contributed by atoms with Crippen molar-refractivity contribution in [3.63, 3.8) is 0 Å². The molecular weight excluding hydrogens is 274 g/mol. The quantitative estimate of drug-likeness (QED) is 0.862. The molecule has 1 aromatic carbocycles. The lowest BCUT2D eigenvalue weighted by Crippen LogP contribution is -2.31.